The molecule has 2 saturated heterocycles. The number of aliphatic carboxylic acids is 4. The SMILES string of the molecule is C.C.NC(N)=NCCCC(N)C(=O)NCC(=O)NC(CC(=O)O)C(=O)NC(CO)C(=O)O.NC(N)=NCCCC(NC(=O)CCC(=O)OC[N+]1(c2cc(=O)c3cccc(-c4ccccc4)c3o2)CCOCC1)C(=O)NCC(=O)NC(CC(=O)O)C(=O)NC(CO)C(=O)O.O=C(Cl)CCC(=O)OC[N+]1(c2cc(=O)c3cccc(-c4ccccc4)c3o2)CCOCC1. The van der Waals surface area contributed by atoms with Crippen LogP contribution < -0.4 is 85.7 Å². The van der Waals surface area contributed by atoms with Gasteiger partial charge in [0.1, 0.15) is 56.4 Å². The summed E-state index contributed by atoms with van der Waals surface area (Å²) >= 11 is 5.32. The highest BCUT2D eigenvalue weighted by atomic mass is 35.5. The van der Waals surface area contributed by atoms with E-state index in [1.807, 2.05) is 89.5 Å². The van der Waals surface area contributed by atoms with Crippen LogP contribution in [0.25, 0.3) is 44.2 Å². The molecule has 2 fully saturated rings. The molecule has 7 amide bonds. The van der Waals surface area contributed by atoms with Crippen molar-refractivity contribution in [2.24, 2.45) is 38.7 Å². The third-order valence-electron chi connectivity index (χ3n) is 18.7. The summed E-state index contributed by atoms with van der Waals surface area (Å²) in [6, 6.07) is 23.6. The maximum atomic E-state index is 13.4. The fourth-order valence-corrected chi connectivity index (χ4v) is 12.2. The minimum atomic E-state index is -1.78. The van der Waals surface area contributed by atoms with E-state index in [9.17, 15) is 86.9 Å². The monoisotopic (exact) mass is 1770 g/mol. The fraction of sp³-hybridized carbons (Fsp3) is 0.425. The van der Waals surface area contributed by atoms with Crippen LogP contribution in [-0.2, 0) is 86.1 Å². The number of nitrogens with zero attached hydrogens (tertiary/aromatic N) is 4. The Hall–Kier alpha value is -13.4. The molecule has 8 rings (SSSR count). The number of morpholine rings is 2. The minimum Gasteiger partial charge on any atom is -0.481 e. The number of carbonyl (C=O) groups is 14. The van der Waals surface area contributed by atoms with Crippen molar-refractivity contribution in [2.45, 2.75) is 115 Å². The molecule has 6 aromatic rings. The van der Waals surface area contributed by atoms with Crippen molar-refractivity contribution in [2.75, 3.05) is 105 Å². The Balaban J connectivity index is 0.000000430. The molecule has 0 saturated carbocycles. The number of carboxylic acids is 4. The molecule has 680 valence electrons. The molecule has 4 aromatic carbocycles. The van der Waals surface area contributed by atoms with Crippen molar-refractivity contribution in [3.8, 4) is 22.3 Å². The molecule has 6 unspecified atom stereocenters. The molecule has 44 nitrogen and oxygen atoms in total. The molecule has 0 radical (unpaired) electrons. The molecule has 2 aliphatic heterocycles. The van der Waals surface area contributed by atoms with Crippen LogP contribution in [0.4, 0.5) is 11.8 Å². The molecule has 0 aliphatic carbocycles. The number of hydrogen-bond donors (Lipinski definition) is 18. The Morgan fingerprint density at radius 3 is 1.22 bits per heavy atom. The van der Waals surface area contributed by atoms with Gasteiger partial charge in [-0.2, -0.15) is 0 Å². The normalized spacial score (nSPS) is 14.3. The number of aliphatic hydroxyl groups is 2. The zero-order chi connectivity index (χ0) is 90.3. The zero-order valence-corrected chi connectivity index (χ0v) is 67.2. The first-order valence-electron chi connectivity index (χ1n) is 38.2. The van der Waals surface area contributed by atoms with Crippen LogP contribution in [0.15, 0.2) is 138 Å². The van der Waals surface area contributed by atoms with Crippen LogP contribution >= 0.6 is 11.6 Å². The number of quaternary nitrogens is 2. The van der Waals surface area contributed by atoms with E-state index >= 15 is 0 Å². The second-order valence-electron chi connectivity index (χ2n) is 27.7. The van der Waals surface area contributed by atoms with Gasteiger partial charge in [0.15, 0.2) is 33.9 Å². The van der Waals surface area contributed by atoms with Gasteiger partial charge in [0.2, 0.25) is 60.1 Å². The summed E-state index contributed by atoms with van der Waals surface area (Å²) in [6.07, 6.45) is -2.03. The Labute approximate surface area is 719 Å². The largest absolute Gasteiger partial charge is 0.481 e. The molecule has 45 heteroatoms. The van der Waals surface area contributed by atoms with Crippen LogP contribution in [-0.4, -0.2) is 267 Å². The summed E-state index contributed by atoms with van der Waals surface area (Å²) in [5.74, 6) is -13.6. The molecule has 6 atom stereocenters. The van der Waals surface area contributed by atoms with Crippen LogP contribution in [0.5, 0.6) is 0 Å². The van der Waals surface area contributed by atoms with Crippen molar-refractivity contribution in [3.63, 3.8) is 0 Å². The molecular formula is C80H107ClN16O28+2. The number of para-hydroxylation sites is 2. The third-order valence-corrected chi connectivity index (χ3v) is 18.9. The quantitative estimate of drug-likeness (QED) is 0.00511. The molecule has 0 spiro atoms. The first kappa shape index (κ1) is 104. The van der Waals surface area contributed by atoms with E-state index in [2.05, 4.69) is 36.6 Å². The standard InChI is InChI=1S/C39H48N8O14.C24H23ClNO6.C15H27N7O8.2CH4/c40-39(41)42-13-5-10-26(36(55)43-20-31(51)45-27(18-33(52)53)37(56)46-28(21-48)38(57)58)44-30(50)11-12-34(54)60-22-47(14-16-59-17-15-47)32-19-29(49)25-9-4-8-24(35(25)61-32)23-6-2-1-3-7-23;25-21(28)9-10-23(29)31-16-26(11-13-30-14-12-26)22-15-20(27)19-8-4-7-18(24(19)32-22)17-5-2-1-3-6-17;16-7(2-1-3-19-15(17)18)12(27)20-5-10(24)21-8(4-11(25)26)13(28)22-9(6-23)14(29)30;;/h1-4,6-9,19,26-28,48H,5,10-18,20-22H2,(H9-,40,41,42,43,44,45,46,50,51,52,53,55,56,57,58);1-8,15H,9-14,16H2;7-9,23H,1-6,16H2,(H,20,27)(H,21,24)(H,22,28)(H,25,26)(H,29,30)(H4,17,18,19);2*1H4/q;+1;;;/p+1. The lowest BCUT2D eigenvalue weighted by molar-refractivity contribution is -0.151. The van der Waals surface area contributed by atoms with Crippen LogP contribution in [0.3, 0.4) is 0 Å². The van der Waals surface area contributed by atoms with Crippen molar-refractivity contribution < 1.29 is 126 Å². The van der Waals surface area contributed by atoms with Crippen molar-refractivity contribution >= 4 is 140 Å². The highest BCUT2D eigenvalue weighted by molar-refractivity contribution is 6.63. The second kappa shape index (κ2) is 52.2. The van der Waals surface area contributed by atoms with E-state index in [0.717, 1.165) is 16.7 Å². The van der Waals surface area contributed by atoms with Gasteiger partial charge in [0, 0.05) is 37.1 Å². The first-order valence-corrected chi connectivity index (χ1v) is 38.6. The molecular weight excluding hydrogens is 1670 g/mol. The summed E-state index contributed by atoms with van der Waals surface area (Å²) in [4.78, 5) is 202. The maximum Gasteiger partial charge on any atom is 0.328 e. The van der Waals surface area contributed by atoms with Gasteiger partial charge in [-0.1, -0.05) is 99.8 Å². The number of rotatable bonds is 43. The fourth-order valence-electron chi connectivity index (χ4n) is 12.1. The van der Waals surface area contributed by atoms with E-state index in [1.165, 1.54) is 12.1 Å². The number of carboxylic acid groups (broad SMARTS) is 4. The van der Waals surface area contributed by atoms with Gasteiger partial charge in [0.25, 0.3) is 0 Å². The predicted molar refractivity (Wildman–Crippen MR) is 453 cm³/mol. The number of ether oxygens (including phenoxy) is 4. The first-order chi connectivity index (χ1) is 58.6. The molecule has 2 aliphatic rings. The average molecular weight is 1780 g/mol. The smallest absolute Gasteiger partial charge is 0.328 e. The Morgan fingerprint density at radius 1 is 0.464 bits per heavy atom. The van der Waals surface area contributed by atoms with Gasteiger partial charge in [0.05, 0.1) is 107 Å². The van der Waals surface area contributed by atoms with Gasteiger partial charge >= 0.3 is 47.6 Å². The van der Waals surface area contributed by atoms with Gasteiger partial charge in [-0.15, -0.1) is 0 Å². The second-order valence-corrected chi connectivity index (χ2v) is 28.1. The summed E-state index contributed by atoms with van der Waals surface area (Å²) in [5, 5.41) is 69.2. The number of amides is 7. The lowest BCUT2D eigenvalue weighted by Gasteiger charge is -2.37. The maximum absolute atomic E-state index is 13.4. The number of nitrogens with two attached hydrogens (primary N) is 5. The van der Waals surface area contributed by atoms with Crippen LogP contribution in [0, 0.1) is 0 Å². The minimum absolute atomic E-state index is 0. The van der Waals surface area contributed by atoms with Gasteiger partial charge in [-0.05, 0) is 60.5 Å². The number of halogens is 1. The average Bonchev–Trinajstić information content (AvgIpc) is 0.763. The number of guanidine groups is 2. The number of carbonyl (C=O) groups excluding carboxylic acids is 10. The topological polar surface area (TPSA) is 697 Å². The zero-order valence-electron chi connectivity index (χ0n) is 66.5. The Morgan fingerprint density at radius 2 is 0.848 bits per heavy atom. The van der Waals surface area contributed by atoms with E-state index < -0.39 is 171 Å². The molecule has 2 aromatic heterocycles. The summed E-state index contributed by atoms with van der Waals surface area (Å²) in [6.45, 7) is -0.276. The number of hydrogen-bond acceptors (Lipinski definition) is 27. The third kappa shape index (κ3) is 33.8. The van der Waals surface area contributed by atoms with E-state index in [1.54, 1.807) is 18.2 Å². The van der Waals surface area contributed by atoms with E-state index in [-0.39, 0.29) is 124 Å². The predicted octanol–water partition coefficient (Wildman–Crippen LogP) is -1.63. The molecule has 0 bridgehead atoms. The number of benzene rings is 4. The van der Waals surface area contributed by atoms with Gasteiger partial charge in [-0.3, -0.25) is 77.1 Å². The van der Waals surface area contributed by atoms with Crippen LogP contribution in [0.2, 0.25) is 0 Å². The van der Waals surface area contributed by atoms with E-state index in [0.29, 0.717) is 79.2 Å². The lowest BCUT2D eigenvalue weighted by Crippen LogP contribution is -2.58. The number of aliphatic imine (C=N–C) groups is 2. The number of fused-ring (bicyclic) bond motifs is 2. The summed E-state index contributed by atoms with van der Waals surface area (Å²) in [7, 11) is 0. The summed E-state index contributed by atoms with van der Waals surface area (Å²) < 4.78 is 35.1. The van der Waals surface area contributed by atoms with E-state index in [4.69, 9.17) is 88.5 Å². The molecule has 125 heavy (non-hydrogen) atoms. The highest BCUT2D eigenvalue weighted by Gasteiger charge is 2.41. The molecule has 23 N–H and O–H groups in total. The Bertz CT molecular complexity index is 4900. The lowest BCUT2D eigenvalue weighted by atomic mass is 10.0. The molecule has 4 heterocycles. The number of esters is 2. The van der Waals surface area contributed by atoms with Crippen molar-refractivity contribution in [1.82, 2.24) is 46.2 Å². The highest BCUT2D eigenvalue weighted by Crippen LogP contribution is 2.35. The van der Waals surface area contributed by atoms with Gasteiger partial charge < -0.3 is 124 Å². The van der Waals surface area contributed by atoms with Crippen molar-refractivity contribution in [3.05, 3.63) is 130 Å². The van der Waals surface area contributed by atoms with Gasteiger partial charge in [-0.25, -0.2) is 18.6 Å². The summed E-state index contributed by atoms with van der Waals surface area (Å²) in [5.41, 5.74) is 30.4. The van der Waals surface area contributed by atoms with Crippen LogP contribution in [0.1, 0.15) is 79.1 Å². The number of nitrogens with one attached hydrogen (secondary N) is 7. The Kier molecular flexibility index (Phi) is 43.4. The van der Waals surface area contributed by atoms with Crippen molar-refractivity contribution in [1.29, 1.82) is 0 Å². The number of aliphatic hydroxyl groups excluding tert-OH is 2.